The molecule has 88 valence electrons. The van der Waals surface area contributed by atoms with Crippen LogP contribution in [-0.4, -0.2) is 19.7 Å². The van der Waals surface area contributed by atoms with Crippen LogP contribution in [0.5, 0.6) is 5.75 Å². The lowest BCUT2D eigenvalue weighted by molar-refractivity contribution is 0.310. The van der Waals surface area contributed by atoms with Gasteiger partial charge in [-0.3, -0.25) is 0 Å². The SMILES string of the molecule is Fc1ccc(OCCNCC2CC2)cc1F. The minimum absolute atomic E-state index is 0.368. The second-order valence-corrected chi connectivity index (χ2v) is 4.07. The Labute approximate surface area is 93.6 Å². The number of hydrogen-bond acceptors (Lipinski definition) is 2. The van der Waals surface area contributed by atoms with Crippen molar-refractivity contribution < 1.29 is 13.5 Å². The Hall–Kier alpha value is -1.16. The van der Waals surface area contributed by atoms with Gasteiger partial charge in [-0.15, -0.1) is 0 Å². The molecule has 1 aliphatic rings. The summed E-state index contributed by atoms with van der Waals surface area (Å²) in [6, 6.07) is 3.57. The largest absolute Gasteiger partial charge is 0.492 e. The van der Waals surface area contributed by atoms with Crippen molar-refractivity contribution >= 4 is 0 Å². The molecule has 0 amide bonds. The molecule has 0 saturated heterocycles. The predicted octanol–water partition coefficient (Wildman–Crippen LogP) is 2.34. The van der Waals surface area contributed by atoms with Crippen LogP contribution in [0.25, 0.3) is 0 Å². The summed E-state index contributed by atoms with van der Waals surface area (Å²) in [6.45, 7) is 2.23. The van der Waals surface area contributed by atoms with E-state index in [-0.39, 0.29) is 0 Å². The smallest absolute Gasteiger partial charge is 0.162 e. The van der Waals surface area contributed by atoms with Gasteiger partial charge >= 0.3 is 0 Å². The standard InChI is InChI=1S/C12H15F2NO/c13-11-4-3-10(7-12(11)14)16-6-5-15-8-9-1-2-9/h3-4,7,9,15H,1-2,5-6,8H2. The average Bonchev–Trinajstić information content (AvgIpc) is 3.07. The van der Waals surface area contributed by atoms with E-state index in [0.717, 1.165) is 31.1 Å². The topological polar surface area (TPSA) is 21.3 Å². The van der Waals surface area contributed by atoms with Gasteiger partial charge in [0.25, 0.3) is 0 Å². The zero-order valence-corrected chi connectivity index (χ0v) is 9.01. The maximum atomic E-state index is 12.8. The van der Waals surface area contributed by atoms with Crippen LogP contribution in [0.2, 0.25) is 0 Å². The Bertz CT molecular complexity index is 353. The summed E-state index contributed by atoms with van der Waals surface area (Å²) < 4.78 is 30.7. The third-order valence-electron chi connectivity index (χ3n) is 2.57. The van der Waals surface area contributed by atoms with Crippen molar-refractivity contribution in [1.29, 1.82) is 0 Å². The van der Waals surface area contributed by atoms with E-state index in [2.05, 4.69) is 5.32 Å². The van der Waals surface area contributed by atoms with Crippen molar-refractivity contribution in [2.45, 2.75) is 12.8 Å². The molecule has 1 saturated carbocycles. The Morgan fingerprint density at radius 1 is 1.25 bits per heavy atom. The first-order valence-corrected chi connectivity index (χ1v) is 5.54. The predicted molar refractivity (Wildman–Crippen MR) is 57.4 cm³/mol. The fraction of sp³-hybridized carbons (Fsp3) is 0.500. The lowest BCUT2D eigenvalue weighted by Gasteiger charge is -2.07. The highest BCUT2D eigenvalue weighted by Gasteiger charge is 2.19. The van der Waals surface area contributed by atoms with Gasteiger partial charge in [0.2, 0.25) is 0 Å². The first kappa shape index (κ1) is 11.3. The van der Waals surface area contributed by atoms with E-state index in [4.69, 9.17) is 4.74 Å². The summed E-state index contributed by atoms with van der Waals surface area (Å²) in [5.74, 6) is -0.516. The zero-order valence-electron chi connectivity index (χ0n) is 9.01. The number of hydrogen-bond donors (Lipinski definition) is 1. The maximum absolute atomic E-state index is 12.8. The van der Waals surface area contributed by atoms with Crippen LogP contribution in [0.15, 0.2) is 18.2 Å². The molecule has 2 nitrogen and oxygen atoms in total. The summed E-state index contributed by atoms with van der Waals surface area (Å²) in [6.07, 6.45) is 2.63. The minimum Gasteiger partial charge on any atom is -0.492 e. The molecule has 0 spiro atoms. The van der Waals surface area contributed by atoms with Crippen molar-refractivity contribution in [3.63, 3.8) is 0 Å². The number of nitrogens with one attached hydrogen (secondary N) is 1. The zero-order chi connectivity index (χ0) is 11.4. The molecular weight excluding hydrogens is 212 g/mol. The molecule has 0 bridgehead atoms. The summed E-state index contributed by atoms with van der Waals surface area (Å²) in [7, 11) is 0. The van der Waals surface area contributed by atoms with Crippen molar-refractivity contribution in [1.82, 2.24) is 5.32 Å². The van der Waals surface area contributed by atoms with Crippen LogP contribution in [-0.2, 0) is 0 Å². The molecule has 1 fully saturated rings. The Morgan fingerprint density at radius 2 is 2.06 bits per heavy atom. The number of benzene rings is 1. The van der Waals surface area contributed by atoms with Crippen LogP contribution in [0.3, 0.4) is 0 Å². The van der Waals surface area contributed by atoms with Gasteiger partial charge in [0, 0.05) is 12.6 Å². The summed E-state index contributed by atoms with van der Waals surface area (Å²) in [4.78, 5) is 0. The van der Waals surface area contributed by atoms with E-state index >= 15 is 0 Å². The third kappa shape index (κ3) is 3.45. The van der Waals surface area contributed by atoms with Crippen LogP contribution in [0.4, 0.5) is 8.78 Å². The van der Waals surface area contributed by atoms with Crippen LogP contribution in [0.1, 0.15) is 12.8 Å². The second kappa shape index (κ2) is 5.25. The Balaban J connectivity index is 1.65. The van der Waals surface area contributed by atoms with Crippen LogP contribution in [0, 0.1) is 17.6 Å². The lowest BCUT2D eigenvalue weighted by Crippen LogP contribution is -2.23. The molecule has 4 heteroatoms. The van der Waals surface area contributed by atoms with Crippen molar-refractivity contribution in [2.24, 2.45) is 5.92 Å². The van der Waals surface area contributed by atoms with E-state index in [1.54, 1.807) is 0 Å². The molecule has 1 aromatic carbocycles. The van der Waals surface area contributed by atoms with Gasteiger partial charge < -0.3 is 10.1 Å². The number of ether oxygens (including phenoxy) is 1. The monoisotopic (exact) mass is 227 g/mol. The molecule has 1 aromatic rings. The summed E-state index contributed by atoms with van der Waals surface area (Å²) in [5, 5.41) is 3.25. The molecule has 16 heavy (non-hydrogen) atoms. The minimum atomic E-state index is -0.872. The van der Waals surface area contributed by atoms with Gasteiger partial charge in [-0.1, -0.05) is 0 Å². The second-order valence-electron chi connectivity index (χ2n) is 4.07. The lowest BCUT2D eigenvalue weighted by atomic mass is 10.3. The van der Waals surface area contributed by atoms with Gasteiger partial charge in [0.1, 0.15) is 12.4 Å². The van der Waals surface area contributed by atoms with Gasteiger partial charge in [0.15, 0.2) is 11.6 Å². The Morgan fingerprint density at radius 3 is 2.75 bits per heavy atom. The third-order valence-corrected chi connectivity index (χ3v) is 2.57. The van der Waals surface area contributed by atoms with Gasteiger partial charge in [-0.25, -0.2) is 8.78 Å². The van der Waals surface area contributed by atoms with E-state index in [1.165, 1.54) is 18.9 Å². The molecule has 0 aromatic heterocycles. The molecule has 0 heterocycles. The first-order valence-electron chi connectivity index (χ1n) is 5.54. The fourth-order valence-corrected chi connectivity index (χ4v) is 1.44. The van der Waals surface area contributed by atoms with Crippen molar-refractivity contribution in [3.05, 3.63) is 29.8 Å². The Kier molecular flexibility index (Phi) is 3.72. The van der Waals surface area contributed by atoms with Crippen LogP contribution >= 0.6 is 0 Å². The maximum Gasteiger partial charge on any atom is 0.162 e. The molecule has 1 N–H and O–H groups in total. The summed E-state index contributed by atoms with van der Waals surface area (Å²) >= 11 is 0. The van der Waals surface area contributed by atoms with E-state index in [0.29, 0.717) is 12.4 Å². The van der Waals surface area contributed by atoms with Crippen molar-refractivity contribution in [3.8, 4) is 5.75 Å². The van der Waals surface area contributed by atoms with Crippen LogP contribution < -0.4 is 10.1 Å². The van der Waals surface area contributed by atoms with E-state index in [1.807, 2.05) is 0 Å². The molecule has 0 aliphatic heterocycles. The molecule has 0 radical (unpaired) electrons. The summed E-state index contributed by atoms with van der Waals surface area (Å²) in [5.41, 5.74) is 0. The normalized spacial score (nSPS) is 15.1. The first-order chi connectivity index (χ1) is 7.75. The van der Waals surface area contributed by atoms with Gasteiger partial charge in [0.05, 0.1) is 0 Å². The molecule has 2 rings (SSSR count). The van der Waals surface area contributed by atoms with E-state index < -0.39 is 11.6 Å². The number of halogens is 2. The highest BCUT2D eigenvalue weighted by atomic mass is 19.2. The molecule has 1 aliphatic carbocycles. The number of rotatable bonds is 6. The van der Waals surface area contributed by atoms with Gasteiger partial charge in [-0.05, 0) is 37.4 Å². The highest BCUT2D eigenvalue weighted by molar-refractivity contribution is 5.23. The van der Waals surface area contributed by atoms with Gasteiger partial charge in [-0.2, -0.15) is 0 Å². The fourth-order valence-electron chi connectivity index (χ4n) is 1.44. The average molecular weight is 227 g/mol. The molecule has 0 atom stereocenters. The molecular formula is C12H15F2NO. The van der Waals surface area contributed by atoms with Crippen molar-refractivity contribution in [2.75, 3.05) is 19.7 Å². The highest BCUT2D eigenvalue weighted by Crippen LogP contribution is 2.27. The molecule has 0 unspecified atom stereocenters. The quantitative estimate of drug-likeness (QED) is 0.753. The van der Waals surface area contributed by atoms with E-state index in [9.17, 15) is 8.78 Å².